The van der Waals surface area contributed by atoms with E-state index in [1.54, 1.807) is 11.8 Å². The Balaban J connectivity index is 2.06. The van der Waals surface area contributed by atoms with Gasteiger partial charge in [-0.15, -0.1) is 11.8 Å². The Kier molecular flexibility index (Phi) is 2.61. The van der Waals surface area contributed by atoms with Crippen LogP contribution in [0.15, 0.2) is 53.4 Å². The van der Waals surface area contributed by atoms with E-state index in [2.05, 4.69) is 5.32 Å². The molecule has 2 aromatic carbocycles. The van der Waals surface area contributed by atoms with Crippen LogP contribution in [0, 0.1) is 0 Å². The molecule has 0 atom stereocenters. The number of hydrogen-bond donors (Lipinski definition) is 1. The van der Waals surface area contributed by atoms with Gasteiger partial charge in [-0.1, -0.05) is 30.3 Å². The first-order valence-electron chi connectivity index (χ1n) is 5.46. The van der Waals surface area contributed by atoms with Crippen LogP contribution in [-0.4, -0.2) is 5.91 Å². The van der Waals surface area contributed by atoms with Gasteiger partial charge in [0.2, 0.25) is 0 Å². The molecular weight excluding hydrogens is 230 g/mol. The Hall–Kier alpha value is -1.74. The van der Waals surface area contributed by atoms with Crippen LogP contribution in [0.4, 0.5) is 5.69 Å². The van der Waals surface area contributed by atoms with Crippen molar-refractivity contribution < 1.29 is 4.79 Å². The Morgan fingerprint density at radius 2 is 1.76 bits per heavy atom. The molecule has 3 rings (SSSR count). The van der Waals surface area contributed by atoms with Crippen molar-refractivity contribution in [3.05, 3.63) is 59.7 Å². The summed E-state index contributed by atoms with van der Waals surface area (Å²) in [6.45, 7) is 0. The summed E-state index contributed by atoms with van der Waals surface area (Å²) in [5, 5.41) is 2.96. The molecule has 1 aliphatic rings. The van der Waals surface area contributed by atoms with Crippen molar-refractivity contribution in [3.8, 4) is 0 Å². The number of thioether (sulfide) groups is 1. The zero-order valence-corrected chi connectivity index (χ0v) is 9.96. The minimum absolute atomic E-state index is 0.0200. The summed E-state index contributed by atoms with van der Waals surface area (Å²) in [5.41, 5.74) is 2.76. The summed E-state index contributed by atoms with van der Waals surface area (Å²) in [4.78, 5) is 13.2. The standard InChI is InChI=1S/C14H11NOS/c16-14-11-6-2-1-5-10(11)9-17-13-8-4-3-7-12(13)15-14/h1-8H,9H2,(H,15,16). The summed E-state index contributed by atoms with van der Waals surface area (Å²) in [7, 11) is 0. The molecule has 2 nitrogen and oxygen atoms in total. The van der Waals surface area contributed by atoms with Gasteiger partial charge in [-0.05, 0) is 23.8 Å². The lowest BCUT2D eigenvalue weighted by Crippen LogP contribution is -2.16. The van der Waals surface area contributed by atoms with Crippen molar-refractivity contribution in [2.75, 3.05) is 5.32 Å². The van der Waals surface area contributed by atoms with Gasteiger partial charge in [0.15, 0.2) is 0 Å². The van der Waals surface area contributed by atoms with Crippen LogP contribution in [-0.2, 0) is 5.75 Å². The Labute approximate surface area is 104 Å². The Bertz CT molecular complexity index is 580. The summed E-state index contributed by atoms with van der Waals surface area (Å²) in [6.07, 6.45) is 0. The summed E-state index contributed by atoms with van der Waals surface area (Å²) < 4.78 is 0. The number of carbonyl (C=O) groups excluding carboxylic acids is 1. The van der Waals surface area contributed by atoms with E-state index in [0.29, 0.717) is 0 Å². The van der Waals surface area contributed by atoms with Gasteiger partial charge in [0, 0.05) is 16.2 Å². The fourth-order valence-electron chi connectivity index (χ4n) is 1.91. The third-order valence-electron chi connectivity index (χ3n) is 2.78. The average molecular weight is 241 g/mol. The maximum absolute atomic E-state index is 12.1. The number of rotatable bonds is 0. The van der Waals surface area contributed by atoms with Crippen LogP contribution < -0.4 is 5.32 Å². The zero-order valence-electron chi connectivity index (χ0n) is 9.14. The predicted octanol–water partition coefficient (Wildman–Crippen LogP) is 3.54. The van der Waals surface area contributed by atoms with E-state index in [9.17, 15) is 4.79 Å². The lowest BCUT2D eigenvalue weighted by atomic mass is 10.1. The molecule has 0 bridgehead atoms. The number of amides is 1. The molecule has 0 fully saturated rings. The SMILES string of the molecule is O=C1Nc2ccccc2SCc2ccccc21. The highest BCUT2D eigenvalue weighted by atomic mass is 32.2. The van der Waals surface area contributed by atoms with Crippen LogP contribution in [0.1, 0.15) is 15.9 Å². The van der Waals surface area contributed by atoms with Gasteiger partial charge in [0.05, 0.1) is 5.69 Å². The summed E-state index contributed by atoms with van der Waals surface area (Å²) in [5.74, 6) is 0.814. The molecular formula is C14H11NOS. The monoisotopic (exact) mass is 241 g/mol. The fraction of sp³-hybridized carbons (Fsp3) is 0.0714. The van der Waals surface area contributed by atoms with Crippen LogP contribution in [0.2, 0.25) is 0 Å². The largest absolute Gasteiger partial charge is 0.321 e. The molecule has 1 heterocycles. The van der Waals surface area contributed by atoms with Crippen molar-refractivity contribution in [1.29, 1.82) is 0 Å². The molecule has 1 aliphatic heterocycles. The van der Waals surface area contributed by atoms with Gasteiger partial charge in [0.25, 0.3) is 5.91 Å². The Morgan fingerprint density at radius 3 is 2.71 bits per heavy atom. The lowest BCUT2D eigenvalue weighted by molar-refractivity contribution is 0.102. The van der Waals surface area contributed by atoms with E-state index in [0.717, 1.165) is 27.5 Å². The number of para-hydroxylation sites is 1. The number of carbonyl (C=O) groups is 1. The van der Waals surface area contributed by atoms with Crippen LogP contribution >= 0.6 is 11.8 Å². The van der Waals surface area contributed by atoms with Crippen LogP contribution in [0.5, 0.6) is 0 Å². The second kappa shape index (κ2) is 4.26. The molecule has 0 aliphatic carbocycles. The molecule has 0 radical (unpaired) electrons. The summed E-state index contributed by atoms with van der Waals surface area (Å²) >= 11 is 1.75. The highest BCUT2D eigenvalue weighted by Gasteiger charge is 2.16. The molecule has 0 unspecified atom stereocenters. The summed E-state index contributed by atoms with van der Waals surface area (Å²) in [6, 6.07) is 15.7. The van der Waals surface area contributed by atoms with Crippen molar-refractivity contribution in [2.24, 2.45) is 0 Å². The predicted molar refractivity (Wildman–Crippen MR) is 70.4 cm³/mol. The molecule has 0 spiro atoms. The molecule has 84 valence electrons. The second-order valence-electron chi connectivity index (χ2n) is 3.90. The van der Waals surface area contributed by atoms with Gasteiger partial charge in [-0.25, -0.2) is 0 Å². The van der Waals surface area contributed by atoms with Crippen molar-refractivity contribution in [2.45, 2.75) is 10.6 Å². The molecule has 0 aromatic heterocycles. The first-order chi connectivity index (χ1) is 8.34. The van der Waals surface area contributed by atoms with Crippen molar-refractivity contribution >= 4 is 23.4 Å². The van der Waals surface area contributed by atoms with E-state index in [4.69, 9.17) is 0 Å². The van der Waals surface area contributed by atoms with Crippen molar-refractivity contribution in [1.82, 2.24) is 0 Å². The van der Waals surface area contributed by atoms with Gasteiger partial charge < -0.3 is 5.32 Å². The van der Waals surface area contributed by atoms with E-state index in [1.807, 2.05) is 48.5 Å². The van der Waals surface area contributed by atoms with Gasteiger partial charge >= 0.3 is 0 Å². The van der Waals surface area contributed by atoms with E-state index < -0.39 is 0 Å². The number of fused-ring (bicyclic) bond motifs is 2. The second-order valence-corrected chi connectivity index (χ2v) is 4.91. The lowest BCUT2D eigenvalue weighted by Gasteiger charge is -2.16. The third-order valence-corrected chi connectivity index (χ3v) is 3.90. The van der Waals surface area contributed by atoms with Gasteiger partial charge in [0.1, 0.15) is 0 Å². The molecule has 17 heavy (non-hydrogen) atoms. The molecule has 3 heteroatoms. The van der Waals surface area contributed by atoms with Crippen LogP contribution in [0.25, 0.3) is 0 Å². The van der Waals surface area contributed by atoms with E-state index in [-0.39, 0.29) is 5.91 Å². The van der Waals surface area contributed by atoms with E-state index >= 15 is 0 Å². The highest BCUT2D eigenvalue weighted by Crippen LogP contribution is 2.33. The Morgan fingerprint density at radius 1 is 1.00 bits per heavy atom. The smallest absolute Gasteiger partial charge is 0.256 e. The molecule has 0 saturated carbocycles. The zero-order chi connectivity index (χ0) is 11.7. The van der Waals surface area contributed by atoms with Gasteiger partial charge in [-0.3, -0.25) is 4.79 Å². The highest BCUT2D eigenvalue weighted by molar-refractivity contribution is 7.98. The van der Waals surface area contributed by atoms with E-state index in [1.165, 1.54) is 0 Å². The maximum atomic E-state index is 12.1. The maximum Gasteiger partial charge on any atom is 0.256 e. The molecule has 0 saturated heterocycles. The molecule has 1 N–H and O–H groups in total. The molecule has 1 amide bonds. The third kappa shape index (κ3) is 1.94. The average Bonchev–Trinajstić information content (AvgIpc) is 2.36. The molecule has 2 aromatic rings. The van der Waals surface area contributed by atoms with Crippen LogP contribution in [0.3, 0.4) is 0 Å². The number of benzene rings is 2. The number of hydrogen-bond acceptors (Lipinski definition) is 2. The van der Waals surface area contributed by atoms with Gasteiger partial charge in [-0.2, -0.15) is 0 Å². The first-order valence-corrected chi connectivity index (χ1v) is 6.44. The number of nitrogens with one attached hydrogen (secondary N) is 1. The first kappa shape index (κ1) is 10.4. The number of anilines is 1. The topological polar surface area (TPSA) is 29.1 Å². The quantitative estimate of drug-likeness (QED) is 0.764. The van der Waals surface area contributed by atoms with Crippen molar-refractivity contribution in [3.63, 3.8) is 0 Å². The minimum Gasteiger partial charge on any atom is -0.321 e. The minimum atomic E-state index is -0.0200. The fourth-order valence-corrected chi connectivity index (χ4v) is 2.92. The normalized spacial score (nSPS) is 14.0.